The van der Waals surface area contributed by atoms with E-state index in [0.717, 1.165) is 6.26 Å². The first-order chi connectivity index (χ1) is 12.0. The number of sulfonamides is 1. The van der Waals surface area contributed by atoms with Gasteiger partial charge in [-0.3, -0.25) is 0 Å². The topological polar surface area (TPSA) is 198 Å². The van der Waals surface area contributed by atoms with E-state index in [9.17, 15) is 42.8 Å². The van der Waals surface area contributed by atoms with Crippen LogP contribution in [0, 0.1) is 0 Å². The van der Waals surface area contributed by atoms with Gasteiger partial charge in [0.2, 0.25) is 10.0 Å². The number of sulfone groups is 1. The molecule has 0 aromatic carbocycles. The van der Waals surface area contributed by atoms with Crippen LogP contribution >= 0.6 is 0 Å². The van der Waals surface area contributed by atoms with Crippen molar-refractivity contribution in [3.05, 3.63) is 0 Å². The second-order valence-electron chi connectivity index (χ2n) is 5.92. The summed E-state index contributed by atoms with van der Waals surface area (Å²) in [6.45, 7) is -0.590. The van der Waals surface area contributed by atoms with Crippen LogP contribution in [0.1, 0.15) is 12.8 Å². The van der Waals surface area contributed by atoms with Gasteiger partial charge in [0.1, 0.15) is 9.84 Å². The van der Waals surface area contributed by atoms with Gasteiger partial charge >= 0.3 is 37.7 Å². The summed E-state index contributed by atoms with van der Waals surface area (Å²) >= 11 is 0. The molecule has 0 bridgehead atoms. The van der Waals surface area contributed by atoms with Gasteiger partial charge in [-0.1, -0.05) is 0 Å². The molecule has 0 heterocycles. The van der Waals surface area contributed by atoms with Crippen LogP contribution in [0.5, 0.6) is 0 Å². The van der Waals surface area contributed by atoms with Gasteiger partial charge in [-0.2, -0.15) is 0 Å². The molecule has 0 rings (SSSR count). The van der Waals surface area contributed by atoms with E-state index in [1.54, 1.807) is 0 Å². The maximum Gasteiger partial charge on any atom is 1.00 e. The molecular formula is C11H24Li2N2O10S4. The second kappa shape index (κ2) is 14.8. The minimum absolute atomic E-state index is 0. The zero-order valence-corrected chi connectivity index (χ0v) is 20.0. The van der Waals surface area contributed by atoms with E-state index in [1.807, 2.05) is 0 Å². The van der Waals surface area contributed by atoms with Gasteiger partial charge in [-0.15, -0.1) is 0 Å². The van der Waals surface area contributed by atoms with Crippen LogP contribution in [0.15, 0.2) is 0 Å². The number of hydrogen-bond acceptors (Lipinski definition) is 11. The van der Waals surface area contributed by atoms with Crippen LogP contribution in [0.2, 0.25) is 0 Å². The molecule has 0 radical (unpaired) electrons. The molecule has 0 saturated carbocycles. The predicted molar refractivity (Wildman–Crippen MR) is 96.3 cm³/mol. The standard InChI is InChI=1S/C11H26N2O10S4.2Li/c1-24(14,15)8-3-9-25(16,17)12-4-2-5-13(6-10-26(18,19)20)7-11-27(21,22)23;;/h12H,2-11H2,1H3,(H,18,19,20)(H,21,22,23);;/q;2*+1/p-2. The van der Waals surface area contributed by atoms with Crippen LogP contribution in [0.25, 0.3) is 0 Å². The molecule has 0 unspecified atom stereocenters. The summed E-state index contributed by atoms with van der Waals surface area (Å²) in [7, 11) is -16.0. The normalized spacial score (nSPS) is 13.0. The van der Waals surface area contributed by atoms with Gasteiger partial charge in [0.15, 0.2) is 0 Å². The van der Waals surface area contributed by atoms with E-state index >= 15 is 0 Å². The quantitative estimate of drug-likeness (QED) is 0.131. The van der Waals surface area contributed by atoms with Crippen molar-refractivity contribution >= 4 is 40.1 Å². The molecule has 0 amide bonds. The third-order valence-electron chi connectivity index (χ3n) is 3.22. The zero-order chi connectivity index (χ0) is 21.4. The van der Waals surface area contributed by atoms with E-state index in [2.05, 4.69) is 4.72 Å². The smallest absolute Gasteiger partial charge is 0.748 e. The Kier molecular flexibility index (Phi) is 17.6. The van der Waals surface area contributed by atoms with E-state index < -0.39 is 51.6 Å². The molecule has 0 aliphatic heterocycles. The van der Waals surface area contributed by atoms with Crippen molar-refractivity contribution in [2.75, 3.05) is 55.4 Å². The van der Waals surface area contributed by atoms with E-state index in [1.165, 1.54) is 4.90 Å². The molecule has 29 heavy (non-hydrogen) atoms. The van der Waals surface area contributed by atoms with Crippen molar-refractivity contribution < 1.29 is 80.5 Å². The molecule has 12 nitrogen and oxygen atoms in total. The Morgan fingerprint density at radius 1 is 0.690 bits per heavy atom. The molecule has 18 heteroatoms. The van der Waals surface area contributed by atoms with Gasteiger partial charge in [-0.25, -0.2) is 38.4 Å². The fourth-order valence-corrected chi connectivity index (χ4v) is 4.87. The Labute approximate surface area is 197 Å². The van der Waals surface area contributed by atoms with Crippen molar-refractivity contribution in [1.82, 2.24) is 9.62 Å². The molecule has 0 aliphatic carbocycles. The first-order valence-corrected chi connectivity index (χ1v) is 14.6. The van der Waals surface area contributed by atoms with Crippen LogP contribution in [-0.2, 0) is 40.1 Å². The van der Waals surface area contributed by atoms with Crippen LogP contribution < -0.4 is 42.4 Å². The summed E-state index contributed by atoms with van der Waals surface area (Å²) in [6.07, 6.45) is 1.08. The predicted octanol–water partition coefficient (Wildman–Crippen LogP) is -8.87. The minimum Gasteiger partial charge on any atom is -0.748 e. The van der Waals surface area contributed by atoms with E-state index in [-0.39, 0.29) is 88.2 Å². The second-order valence-corrected chi connectivity index (χ2v) is 13.1. The molecule has 0 aromatic heterocycles. The van der Waals surface area contributed by atoms with Gasteiger partial charge in [0.25, 0.3) is 0 Å². The number of rotatable bonds is 15. The Morgan fingerprint density at radius 3 is 1.52 bits per heavy atom. The fraction of sp³-hybridized carbons (Fsp3) is 1.00. The molecule has 164 valence electrons. The summed E-state index contributed by atoms with van der Waals surface area (Å²) in [6, 6.07) is 0. The summed E-state index contributed by atoms with van der Waals surface area (Å²) in [5.41, 5.74) is 0. The van der Waals surface area contributed by atoms with Crippen LogP contribution in [0.3, 0.4) is 0 Å². The van der Waals surface area contributed by atoms with Crippen molar-refractivity contribution in [2.24, 2.45) is 0 Å². The Bertz CT molecular complexity index is 837. The molecule has 0 spiro atoms. The summed E-state index contributed by atoms with van der Waals surface area (Å²) in [4.78, 5) is 1.27. The Balaban J connectivity index is -0.00000338. The summed E-state index contributed by atoms with van der Waals surface area (Å²) < 4.78 is 112. The molecular weight excluding hydrogens is 462 g/mol. The molecule has 0 aliphatic rings. The Hall–Kier alpha value is 0.835. The molecule has 0 atom stereocenters. The minimum atomic E-state index is -4.53. The zero-order valence-electron chi connectivity index (χ0n) is 16.7. The van der Waals surface area contributed by atoms with Gasteiger partial charge < -0.3 is 14.0 Å². The molecule has 0 saturated heterocycles. The van der Waals surface area contributed by atoms with Crippen molar-refractivity contribution in [2.45, 2.75) is 12.8 Å². The Morgan fingerprint density at radius 2 is 1.14 bits per heavy atom. The van der Waals surface area contributed by atoms with Gasteiger partial charge in [0, 0.05) is 25.9 Å². The first-order valence-electron chi connectivity index (χ1n) is 7.74. The van der Waals surface area contributed by atoms with E-state index in [0.29, 0.717) is 0 Å². The van der Waals surface area contributed by atoms with Gasteiger partial charge in [0.05, 0.1) is 43.2 Å². The maximum atomic E-state index is 11.7. The third kappa shape index (κ3) is 25.0. The monoisotopic (exact) mass is 486 g/mol. The molecule has 0 aromatic rings. The summed E-state index contributed by atoms with van der Waals surface area (Å²) in [5, 5.41) is 0. The average Bonchev–Trinajstić information content (AvgIpc) is 2.41. The van der Waals surface area contributed by atoms with Crippen LogP contribution in [-0.4, -0.2) is 103 Å². The summed E-state index contributed by atoms with van der Waals surface area (Å²) in [5.74, 6) is -2.20. The third-order valence-corrected chi connectivity index (χ3v) is 7.08. The van der Waals surface area contributed by atoms with Gasteiger partial charge in [-0.05, 0) is 19.4 Å². The van der Waals surface area contributed by atoms with Crippen molar-refractivity contribution in [3.63, 3.8) is 0 Å². The maximum absolute atomic E-state index is 11.7. The average molecular weight is 486 g/mol. The molecule has 0 fully saturated rings. The fourth-order valence-electron chi connectivity index (χ4n) is 1.93. The van der Waals surface area contributed by atoms with Crippen LogP contribution in [0.4, 0.5) is 0 Å². The number of nitrogens with one attached hydrogen (secondary N) is 1. The van der Waals surface area contributed by atoms with E-state index in [4.69, 9.17) is 0 Å². The number of nitrogens with zero attached hydrogens (tertiary/aromatic N) is 1. The van der Waals surface area contributed by atoms with Crippen molar-refractivity contribution in [1.29, 1.82) is 0 Å². The molecule has 1 N–H and O–H groups in total. The first kappa shape index (κ1) is 34.4. The van der Waals surface area contributed by atoms with Crippen molar-refractivity contribution in [3.8, 4) is 0 Å². The largest absolute Gasteiger partial charge is 1.00 e. The number of hydrogen-bond donors (Lipinski definition) is 1. The SMILES string of the molecule is CS(=O)(=O)CCCS(=O)(=O)NCCCN(CCS(=O)(=O)[O-])CCS(=O)(=O)[O-].[Li+].[Li+].